The zero-order chi connectivity index (χ0) is 18.4. The van der Waals surface area contributed by atoms with E-state index in [1.165, 1.54) is 20.8 Å². The van der Waals surface area contributed by atoms with Crippen LogP contribution in [0.15, 0.2) is 39.1 Å². The molecule has 0 amide bonds. The van der Waals surface area contributed by atoms with Crippen molar-refractivity contribution in [3.8, 4) is 0 Å². The highest BCUT2D eigenvalue weighted by Crippen LogP contribution is 2.27. The van der Waals surface area contributed by atoms with Crippen LogP contribution in [0.4, 0.5) is 0 Å². The fourth-order valence-electron chi connectivity index (χ4n) is 2.82. The van der Waals surface area contributed by atoms with Crippen molar-refractivity contribution >= 4 is 39.0 Å². The Morgan fingerprint density at radius 3 is 2.81 bits per heavy atom. The summed E-state index contributed by atoms with van der Waals surface area (Å²) in [5.74, 6) is 0.596. The molecule has 0 unspecified atom stereocenters. The van der Waals surface area contributed by atoms with Gasteiger partial charge >= 0.3 is 5.69 Å². The first-order valence-corrected chi connectivity index (χ1v) is 9.91. The number of fused-ring (bicyclic) bond motifs is 2. The van der Waals surface area contributed by atoms with E-state index in [9.17, 15) is 9.59 Å². The van der Waals surface area contributed by atoms with Crippen molar-refractivity contribution in [3.05, 3.63) is 55.7 Å². The lowest BCUT2D eigenvalue weighted by molar-refractivity contribution is 0.637. The molecule has 7 nitrogen and oxygen atoms in total. The number of hydrogen-bond acceptors (Lipinski definition) is 6. The van der Waals surface area contributed by atoms with E-state index in [0.29, 0.717) is 28.5 Å². The van der Waals surface area contributed by atoms with E-state index in [1.807, 2.05) is 19.9 Å². The summed E-state index contributed by atoms with van der Waals surface area (Å²) in [5, 5.41) is 5.67. The number of nitrogens with zero attached hydrogens (tertiary/aromatic N) is 5. The molecule has 0 fully saturated rings. The van der Waals surface area contributed by atoms with Gasteiger partial charge in [-0.25, -0.2) is 14.5 Å². The molecule has 0 spiro atoms. The summed E-state index contributed by atoms with van der Waals surface area (Å²) < 4.78 is 4.54. The van der Waals surface area contributed by atoms with Crippen LogP contribution in [0.5, 0.6) is 0 Å². The van der Waals surface area contributed by atoms with Crippen molar-refractivity contribution in [2.24, 2.45) is 7.05 Å². The number of hydrogen-bond donors (Lipinski definition) is 0. The highest BCUT2D eigenvalue weighted by molar-refractivity contribution is 7.99. The van der Waals surface area contributed by atoms with Crippen molar-refractivity contribution in [3.63, 3.8) is 0 Å². The third-order valence-electron chi connectivity index (χ3n) is 4.39. The Kier molecular flexibility index (Phi) is 4.20. The summed E-state index contributed by atoms with van der Waals surface area (Å²) in [7, 11) is 1.74. The minimum absolute atomic E-state index is 0.0238. The van der Waals surface area contributed by atoms with Crippen LogP contribution in [0.25, 0.3) is 15.9 Å². The van der Waals surface area contributed by atoms with Crippen LogP contribution in [-0.4, -0.2) is 29.5 Å². The van der Waals surface area contributed by atoms with E-state index in [2.05, 4.69) is 10.1 Å². The second kappa shape index (κ2) is 6.40. The van der Waals surface area contributed by atoms with E-state index in [0.717, 1.165) is 15.3 Å². The molecule has 0 bridgehead atoms. The molecule has 0 saturated carbocycles. The number of rotatable bonds is 4. The fraction of sp³-hybridized carbons (Fsp3) is 0.294. The molecule has 134 valence electrons. The van der Waals surface area contributed by atoms with Gasteiger partial charge in [0, 0.05) is 23.9 Å². The van der Waals surface area contributed by atoms with Gasteiger partial charge < -0.3 is 0 Å². The van der Waals surface area contributed by atoms with Crippen molar-refractivity contribution in [2.75, 3.05) is 5.75 Å². The highest BCUT2D eigenvalue weighted by atomic mass is 32.2. The SMILES string of the molecule is Cc1sc2nc(SCCn3nc4ccccn4c3=O)n(C)c(=O)c2c1C. The highest BCUT2D eigenvalue weighted by Gasteiger charge is 2.15. The maximum atomic E-state index is 12.6. The maximum Gasteiger partial charge on any atom is 0.350 e. The van der Waals surface area contributed by atoms with Gasteiger partial charge in [0.2, 0.25) is 0 Å². The predicted molar refractivity (Wildman–Crippen MR) is 105 cm³/mol. The summed E-state index contributed by atoms with van der Waals surface area (Å²) in [6.45, 7) is 4.41. The normalized spacial score (nSPS) is 11.7. The molecule has 0 aliphatic carbocycles. The molecular formula is C17H17N5O2S2. The molecule has 4 rings (SSSR count). The van der Waals surface area contributed by atoms with Gasteiger partial charge in [0.15, 0.2) is 10.8 Å². The minimum atomic E-state index is -0.164. The third-order valence-corrected chi connectivity index (χ3v) is 6.50. The van der Waals surface area contributed by atoms with Gasteiger partial charge in [-0.05, 0) is 31.5 Å². The van der Waals surface area contributed by atoms with Gasteiger partial charge in [-0.2, -0.15) is 0 Å². The molecule has 26 heavy (non-hydrogen) atoms. The molecule has 0 saturated heterocycles. The van der Waals surface area contributed by atoms with Gasteiger partial charge in [0.05, 0.1) is 11.9 Å². The average molecular weight is 387 g/mol. The van der Waals surface area contributed by atoms with Gasteiger partial charge in [-0.15, -0.1) is 16.4 Å². The molecule has 0 aliphatic rings. The first-order valence-electron chi connectivity index (χ1n) is 8.11. The molecular weight excluding hydrogens is 370 g/mol. The third kappa shape index (κ3) is 2.67. The molecule has 9 heteroatoms. The van der Waals surface area contributed by atoms with Crippen LogP contribution in [-0.2, 0) is 13.6 Å². The molecule has 0 aliphatic heterocycles. The topological polar surface area (TPSA) is 74.2 Å². The summed E-state index contributed by atoms with van der Waals surface area (Å²) in [4.78, 5) is 31.5. The Labute approximate surface area is 156 Å². The van der Waals surface area contributed by atoms with Crippen LogP contribution in [0.3, 0.4) is 0 Å². The molecule has 4 aromatic heterocycles. The van der Waals surface area contributed by atoms with E-state index < -0.39 is 0 Å². The molecule has 4 aromatic rings. The zero-order valence-electron chi connectivity index (χ0n) is 14.6. The van der Waals surface area contributed by atoms with E-state index in [1.54, 1.807) is 41.3 Å². The first-order chi connectivity index (χ1) is 12.5. The standard InChI is InChI=1S/C17H17N5O2S2/c1-10-11(2)26-14-13(10)15(23)20(3)16(18-14)25-9-8-22-17(24)21-7-5-4-6-12(21)19-22/h4-7H,8-9H2,1-3H3. The number of aromatic nitrogens is 5. The Morgan fingerprint density at radius 1 is 1.23 bits per heavy atom. The molecule has 0 atom stereocenters. The summed E-state index contributed by atoms with van der Waals surface area (Å²) in [6.07, 6.45) is 1.70. The second-order valence-electron chi connectivity index (χ2n) is 6.00. The van der Waals surface area contributed by atoms with E-state index in [4.69, 9.17) is 0 Å². The van der Waals surface area contributed by atoms with E-state index in [-0.39, 0.29) is 11.2 Å². The van der Waals surface area contributed by atoms with Gasteiger partial charge in [-0.1, -0.05) is 17.8 Å². The largest absolute Gasteiger partial charge is 0.350 e. The van der Waals surface area contributed by atoms with Crippen LogP contribution in [0.1, 0.15) is 10.4 Å². The number of aryl methyl sites for hydroxylation is 3. The van der Waals surface area contributed by atoms with Gasteiger partial charge in [0.1, 0.15) is 4.83 Å². The predicted octanol–water partition coefficient (Wildman–Crippen LogP) is 2.21. The lowest BCUT2D eigenvalue weighted by atomic mass is 10.2. The Balaban J connectivity index is 1.60. The fourth-order valence-corrected chi connectivity index (χ4v) is 4.78. The zero-order valence-corrected chi connectivity index (χ0v) is 16.2. The Hall–Kier alpha value is -2.39. The maximum absolute atomic E-state index is 12.6. The smallest absolute Gasteiger partial charge is 0.290 e. The summed E-state index contributed by atoms with van der Waals surface area (Å²) >= 11 is 3.00. The van der Waals surface area contributed by atoms with Crippen LogP contribution in [0.2, 0.25) is 0 Å². The quantitative estimate of drug-likeness (QED) is 0.396. The van der Waals surface area contributed by atoms with Gasteiger partial charge in [-0.3, -0.25) is 13.8 Å². The molecule has 0 radical (unpaired) electrons. The van der Waals surface area contributed by atoms with Crippen molar-refractivity contribution in [1.82, 2.24) is 23.7 Å². The molecule has 0 N–H and O–H groups in total. The summed E-state index contributed by atoms with van der Waals surface area (Å²) in [5.41, 5.74) is 1.44. The minimum Gasteiger partial charge on any atom is -0.290 e. The Morgan fingerprint density at radius 2 is 2.04 bits per heavy atom. The van der Waals surface area contributed by atoms with Crippen LogP contribution in [0, 0.1) is 13.8 Å². The van der Waals surface area contributed by atoms with Crippen molar-refractivity contribution < 1.29 is 0 Å². The van der Waals surface area contributed by atoms with Gasteiger partial charge in [0.25, 0.3) is 5.56 Å². The first kappa shape index (κ1) is 17.0. The lowest BCUT2D eigenvalue weighted by Gasteiger charge is -2.07. The average Bonchev–Trinajstić information content (AvgIpc) is 3.10. The summed E-state index contributed by atoms with van der Waals surface area (Å²) in [6, 6.07) is 5.45. The Bertz CT molecular complexity index is 1250. The van der Waals surface area contributed by atoms with E-state index >= 15 is 0 Å². The number of thiophene rings is 1. The molecule has 4 heterocycles. The van der Waals surface area contributed by atoms with Crippen LogP contribution >= 0.6 is 23.1 Å². The lowest BCUT2D eigenvalue weighted by Crippen LogP contribution is -2.23. The van der Waals surface area contributed by atoms with Crippen molar-refractivity contribution in [2.45, 2.75) is 25.5 Å². The van der Waals surface area contributed by atoms with Crippen molar-refractivity contribution in [1.29, 1.82) is 0 Å². The second-order valence-corrected chi connectivity index (χ2v) is 8.27. The van der Waals surface area contributed by atoms with Crippen LogP contribution < -0.4 is 11.2 Å². The molecule has 0 aromatic carbocycles. The number of thioether (sulfide) groups is 1. The monoisotopic (exact) mass is 387 g/mol. The number of pyridine rings is 1.